The fourth-order valence-electron chi connectivity index (χ4n) is 1.93. The van der Waals surface area contributed by atoms with Gasteiger partial charge in [0, 0.05) is 37.5 Å². The van der Waals surface area contributed by atoms with Crippen molar-refractivity contribution in [1.29, 1.82) is 0 Å². The van der Waals surface area contributed by atoms with Crippen LogP contribution in [0.2, 0.25) is 0 Å². The predicted octanol–water partition coefficient (Wildman–Crippen LogP) is 2.74. The molecule has 1 N–H and O–H groups in total. The Hall–Kier alpha value is -0.810. The summed E-state index contributed by atoms with van der Waals surface area (Å²) in [7, 11) is 0. The first-order chi connectivity index (χ1) is 8.81. The van der Waals surface area contributed by atoms with Gasteiger partial charge in [0.15, 0.2) is 0 Å². The minimum atomic E-state index is 0.632. The van der Waals surface area contributed by atoms with E-state index in [4.69, 9.17) is 4.74 Å². The Labute approximate surface area is 113 Å². The molecule has 100 valence electrons. The number of hydrogen-bond acceptors (Lipinski definition) is 5. The Morgan fingerprint density at radius 3 is 2.78 bits per heavy atom. The first-order valence-corrected chi connectivity index (χ1v) is 7.56. The highest BCUT2D eigenvalue weighted by molar-refractivity contribution is 7.99. The van der Waals surface area contributed by atoms with Gasteiger partial charge in [-0.25, -0.2) is 9.97 Å². The number of nitrogens with zero attached hydrogens (tertiary/aromatic N) is 2. The molecule has 0 saturated carbocycles. The van der Waals surface area contributed by atoms with Crippen LogP contribution in [0.15, 0.2) is 11.1 Å². The molecule has 0 radical (unpaired) electrons. The van der Waals surface area contributed by atoms with E-state index < -0.39 is 0 Å². The van der Waals surface area contributed by atoms with Gasteiger partial charge in [0.2, 0.25) is 0 Å². The lowest BCUT2D eigenvalue weighted by atomic mass is 10.2. The van der Waals surface area contributed by atoms with Crippen molar-refractivity contribution in [3.63, 3.8) is 0 Å². The zero-order valence-electron chi connectivity index (χ0n) is 11.1. The number of hydrogen-bond donors (Lipinski definition) is 1. The number of aromatic nitrogens is 2. The number of aryl methyl sites for hydroxylation is 1. The summed E-state index contributed by atoms with van der Waals surface area (Å²) in [6, 6.07) is 2.06. The molecule has 0 unspecified atom stereocenters. The minimum Gasteiger partial charge on any atom is -0.381 e. The summed E-state index contributed by atoms with van der Waals surface area (Å²) >= 11 is 1.86. The average molecular weight is 267 g/mol. The Bertz CT molecular complexity index is 380. The summed E-state index contributed by atoms with van der Waals surface area (Å²) in [4.78, 5) is 9.07. The molecule has 5 heteroatoms. The summed E-state index contributed by atoms with van der Waals surface area (Å²) in [5.41, 5.74) is 0. The van der Waals surface area contributed by atoms with Gasteiger partial charge in [-0.1, -0.05) is 6.92 Å². The highest BCUT2D eigenvalue weighted by Crippen LogP contribution is 2.29. The second-order valence-electron chi connectivity index (χ2n) is 4.32. The molecule has 1 aromatic heterocycles. The van der Waals surface area contributed by atoms with Gasteiger partial charge in [0.25, 0.3) is 0 Å². The summed E-state index contributed by atoms with van der Waals surface area (Å²) in [6.45, 7) is 6.82. The van der Waals surface area contributed by atoms with Crippen molar-refractivity contribution in [1.82, 2.24) is 9.97 Å². The van der Waals surface area contributed by atoms with E-state index in [0.717, 1.165) is 55.7 Å². The maximum atomic E-state index is 5.39. The Morgan fingerprint density at radius 2 is 2.11 bits per heavy atom. The smallest absolute Gasteiger partial charge is 0.131 e. The first-order valence-electron chi connectivity index (χ1n) is 6.68. The maximum Gasteiger partial charge on any atom is 0.131 e. The van der Waals surface area contributed by atoms with Crippen molar-refractivity contribution >= 4 is 17.6 Å². The average Bonchev–Trinajstić information content (AvgIpc) is 2.40. The zero-order chi connectivity index (χ0) is 12.8. The molecule has 1 saturated heterocycles. The third-order valence-electron chi connectivity index (χ3n) is 2.88. The van der Waals surface area contributed by atoms with Crippen molar-refractivity contribution in [3.8, 4) is 0 Å². The van der Waals surface area contributed by atoms with Crippen LogP contribution in [0.1, 0.15) is 32.5 Å². The lowest BCUT2D eigenvalue weighted by molar-refractivity contribution is 0.1000. The van der Waals surface area contributed by atoms with Crippen LogP contribution in [-0.2, 0) is 11.2 Å². The molecule has 2 rings (SSSR count). The molecular formula is C13H21N3OS. The van der Waals surface area contributed by atoms with E-state index in [1.165, 1.54) is 0 Å². The summed E-state index contributed by atoms with van der Waals surface area (Å²) in [6.07, 6.45) is 3.11. The van der Waals surface area contributed by atoms with Gasteiger partial charge in [-0.3, -0.25) is 0 Å². The summed E-state index contributed by atoms with van der Waals surface area (Å²) in [5, 5.41) is 4.99. The van der Waals surface area contributed by atoms with Crippen LogP contribution >= 0.6 is 11.8 Å². The van der Waals surface area contributed by atoms with Crippen molar-refractivity contribution in [2.24, 2.45) is 0 Å². The van der Waals surface area contributed by atoms with Gasteiger partial charge in [0.05, 0.1) is 0 Å². The molecule has 2 heterocycles. The van der Waals surface area contributed by atoms with Gasteiger partial charge in [-0.15, -0.1) is 11.8 Å². The van der Waals surface area contributed by atoms with E-state index in [2.05, 4.69) is 35.2 Å². The van der Waals surface area contributed by atoms with Gasteiger partial charge in [-0.2, -0.15) is 0 Å². The van der Waals surface area contributed by atoms with Gasteiger partial charge >= 0.3 is 0 Å². The first kappa shape index (κ1) is 13.6. The van der Waals surface area contributed by atoms with Crippen molar-refractivity contribution in [3.05, 3.63) is 11.9 Å². The third-order valence-corrected chi connectivity index (χ3v) is 4.13. The molecule has 4 nitrogen and oxygen atoms in total. The van der Waals surface area contributed by atoms with Crippen LogP contribution in [0.25, 0.3) is 0 Å². The molecule has 1 aliphatic rings. The quantitative estimate of drug-likeness (QED) is 0.831. The fourth-order valence-corrected chi connectivity index (χ4v) is 3.03. The molecule has 0 spiro atoms. The Morgan fingerprint density at radius 1 is 1.33 bits per heavy atom. The molecule has 0 atom stereocenters. The minimum absolute atomic E-state index is 0.632. The molecule has 0 bridgehead atoms. The molecule has 0 aromatic carbocycles. The van der Waals surface area contributed by atoms with Crippen LogP contribution in [0.4, 0.5) is 5.82 Å². The second-order valence-corrected chi connectivity index (χ2v) is 5.64. The SMILES string of the molecule is CCNc1cc(SC2CCOCC2)nc(CC)n1. The zero-order valence-corrected chi connectivity index (χ0v) is 11.9. The lowest BCUT2D eigenvalue weighted by Gasteiger charge is -2.21. The Balaban J connectivity index is 2.07. The van der Waals surface area contributed by atoms with Crippen LogP contribution in [0.3, 0.4) is 0 Å². The van der Waals surface area contributed by atoms with Crippen molar-refractivity contribution < 1.29 is 4.74 Å². The van der Waals surface area contributed by atoms with Crippen LogP contribution in [0, 0.1) is 0 Å². The van der Waals surface area contributed by atoms with E-state index in [1.54, 1.807) is 0 Å². The summed E-state index contributed by atoms with van der Waals surface area (Å²) < 4.78 is 5.39. The molecule has 1 fully saturated rings. The van der Waals surface area contributed by atoms with Crippen molar-refractivity contribution in [2.75, 3.05) is 25.1 Å². The maximum absolute atomic E-state index is 5.39. The number of rotatable bonds is 5. The molecular weight excluding hydrogens is 246 g/mol. The van der Waals surface area contributed by atoms with E-state index in [9.17, 15) is 0 Å². The molecule has 18 heavy (non-hydrogen) atoms. The van der Waals surface area contributed by atoms with Crippen LogP contribution in [0.5, 0.6) is 0 Å². The third kappa shape index (κ3) is 3.85. The van der Waals surface area contributed by atoms with Gasteiger partial charge in [0.1, 0.15) is 16.7 Å². The highest BCUT2D eigenvalue weighted by Gasteiger charge is 2.16. The number of anilines is 1. The number of ether oxygens (including phenoxy) is 1. The van der Waals surface area contributed by atoms with Gasteiger partial charge < -0.3 is 10.1 Å². The molecule has 0 aliphatic carbocycles. The largest absolute Gasteiger partial charge is 0.381 e. The number of thioether (sulfide) groups is 1. The summed E-state index contributed by atoms with van der Waals surface area (Å²) in [5.74, 6) is 1.86. The molecule has 1 aliphatic heterocycles. The standard InChI is InChI=1S/C13H21N3OS/c1-3-11-15-12(14-4-2)9-13(16-11)18-10-5-7-17-8-6-10/h9-10H,3-8H2,1-2H3,(H,14,15,16). The van der Waals surface area contributed by atoms with E-state index >= 15 is 0 Å². The monoisotopic (exact) mass is 267 g/mol. The highest BCUT2D eigenvalue weighted by atomic mass is 32.2. The van der Waals surface area contributed by atoms with Gasteiger partial charge in [-0.05, 0) is 19.8 Å². The van der Waals surface area contributed by atoms with Crippen LogP contribution < -0.4 is 5.32 Å². The molecule has 1 aromatic rings. The topological polar surface area (TPSA) is 47.0 Å². The van der Waals surface area contributed by atoms with E-state index in [0.29, 0.717) is 5.25 Å². The lowest BCUT2D eigenvalue weighted by Crippen LogP contribution is -2.17. The van der Waals surface area contributed by atoms with E-state index in [1.807, 2.05) is 11.8 Å². The van der Waals surface area contributed by atoms with E-state index in [-0.39, 0.29) is 0 Å². The van der Waals surface area contributed by atoms with Crippen molar-refractivity contribution in [2.45, 2.75) is 43.4 Å². The Kier molecular flexibility index (Phi) is 5.26. The second kappa shape index (κ2) is 6.95. The molecule has 0 amide bonds. The fraction of sp³-hybridized carbons (Fsp3) is 0.692. The van der Waals surface area contributed by atoms with Crippen LogP contribution in [-0.4, -0.2) is 35.0 Å². The number of nitrogens with one attached hydrogen (secondary N) is 1. The predicted molar refractivity (Wildman–Crippen MR) is 75.3 cm³/mol. The normalized spacial score (nSPS) is 16.8.